The molecule has 0 aromatic heterocycles. The molecule has 2 aromatic rings. The summed E-state index contributed by atoms with van der Waals surface area (Å²) in [6, 6.07) is 20.0. The molecule has 0 unspecified atom stereocenters. The van der Waals surface area contributed by atoms with Crippen LogP contribution in [0.5, 0.6) is 0 Å². The third-order valence-corrected chi connectivity index (χ3v) is 3.98. The van der Waals surface area contributed by atoms with E-state index in [0.29, 0.717) is 6.42 Å². The lowest BCUT2D eigenvalue weighted by Crippen LogP contribution is -2.31. The molecule has 0 heterocycles. The minimum absolute atomic E-state index is 0.218. The number of hydrogen-bond donors (Lipinski definition) is 0. The Labute approximate surface area is 139 Å². The van der Waals surface area contributed by atoms with Crippen LogP contribution in [0.1, 0.15) is 22.3 Å². The van der Waals surface area contributed by atoms with Gasteiger partial charge < -0.3 is 9.80 Å². The summed E-state index contributed by atoms with van der Waals surface area (Å²) in [5, 5.41) is 0. The number of hydrogen-bond acceptors (Lipinski definition) is 3. The summed E-state index contributed by atoms with van der Waals surface area (Å²) in [5.41, 5.74) is 2.14. The molecule has 2 rings (SSSR count). The molecule has 23 heavy (non-hydrogen) atoms. The number of rotatable bonds is 9. The smallest absolute Gasteiger partial charge is 0.164 e. The third-order valence-electron chi connectivity index (χ3n) is 3.98. The normalized spacial score (nSPS) is 11.1. The van der Waals surface area contributed by atoms with E-state index >= 15 is 0 Å². The van der Waals surface area contributed by atoms with E-state index in [1.165, 1.54) is 5.56 Å². The number of ketones is 1. The summed E-state index contributed by atoms with van der Waals surface area (Å²) in [4.78, 5) is 16.6. The Morgan fingerprint density at radius 1 is 0.783 bits per heavy atom. The van der Waals surface area contributed by atoms with Crippen molar-refractivity contribution >= 4 is 5.78 Å². The van der Waals surface area contributed by atoms with Crippen LogP contribution in [0.3, 0.4) is 0 Å². The van der Waals surface area contributed by atoms with Crippen molar-refractivity contribution in [2.75, 3.05) is 33.7 Å². The zero-order valence-corrected chi connectivity index (χ0v) is 14.1. The van der Waals surface area contributed by atoms with Crippen LogP contribution >= 0.6 is 0 Å². The molecule has 2 aromatic carbocycles. The van der Waals surface area contributed by atoms with Crippen LogP contribution in [0.4, 0.5) is 0 Å². The maximum Gasteiger partial charge on any atom is 0.164 e. The van der Waals surface area contributed by atoms with E-state index in [9.17, 15) is 4.79 Å². The molecular weight excluding hydrogens is 284 g/mol. The quantitative estimate of drug-likeness (QED) is 0.664. The van der Waals surface area contributed by atoms with Crippen LogP contribution in [0, 0.1) is 0 Å². The predicted octanol–water partition coefficient (Wildman–Crippen LogP) is 3.32. The molecule has 0 saturated carbocycles. The Hall–Kier alpha value is -1.97. The maximum atomic E-state index is 12.1. The Kier molecular flexibility index (Phi) is 6.98. The topological polar surface area (TPSA) is 23.6 Å². The van der Waals surface area contributed by atoms with Crippen LogP contribution in [-0.4, -0.2) is 49.3 Å². The molecule has 0 aliphatic rings. The molecule has 0 N–H and O–H groups in total. The predicted molar refractivity (Wildman–Crippen MR) is 95.7 cm³/mol. The number of likely N-dealkylation sites (N-methyl/N-ethyl adjacent to an activating group) is 2. The lowest BCUT2D eigenvalue weighted by Gasteiger charge is -2.22. The van der Waals surface area contributed by atoms with E-state index < -0.39 is 0 Å². The van der Waals surface area contributed by atoms with Crippen molar-refractivity contribution < 1.29 is 4.79 Å². The highest BCUT2D eigenvalue weighted by Gasteiger charge is 2.08. The van der Waals surface area contributed by atoms with Crippen molar-refractivity contribution in [3.8, 4) is 0 Å². The Balaban J connectivity index is 1.66. The number of carbonyl (C=O) groups excluding carboxylic acids is 1. The number of benzene rings is 2. The fourth-order valence-electron chi connectivity index (χ4n) is 2.49. The van der Waals surface area contributed by atoms with Gasteiger partial charge in [-0.3, -0.25) is 4.79 Å². The highest BCUT2D eigenvalue weighted by atomic mass is 16.1. The lowest BCUT2D eigenvalue weighted by atomic mass is 10.1. The molecule has 0 saturated heterocycles. The second kappa shape index (κ2) is 9.23. The molecular formula is C20H26N2O. The van der Waals surface area contributed by atoms with Crippen molar-refractivity contribution in [3.05, 3.63) is 71.8 Å². The van der Waals surface area contributed by atoms with Gasteiger partial charge in [-0.25, -0.2) is 0 Å². The van der Waals surface area contributed by atoms with E-state index in [1.807, 2.05) is 36.4 Å². The van der Waals surface area contributed by atoms with Gasteiger partial charge in [0.2, 0.25) is 0 Å². The number of Topliss-reactive ketones (excluding diaryl/α,β-unsaturated/α-hetero) is 1. The average molecular weight is 310 g/mol. The highest BCUT2D eigenvalue weighted by Crippen LogP contribution is 2.05. The molecule has 0 aliphatic heterocycles. The lowest BCUT2D eigenvalue weighted by molar-refractivity contribution is 0.0967. The SMILES string of the molecule is CN(CCC(=O)c1ccccc1)CCN(C)Cc1ccccc1. The van der Waals surface area contributed by atoms with Crippen LogP contribution in [0.15, 0.2) is 60.7 Å². The molecule has 0 fully saturated rings. The summed E-state index contributed by atoms with van der Waals surface area (Å²) in [6.45, 7) is 3.71. The highest BCUT2D eigenvalue weighted by molar-refractivity contribution is 5.96. The van der Waals surface area contributed by atoms with Crippen molar-refractivity contribution in [3.63, 3.8) is 0 Å². The van der Waals surface area contributed by atoms with Gasteiger partial charge in [0.25, 0.3) is 0 Å². The minimum Gasteiger partial charge on any atom is -0.305 e. The van der Waals surface area contributed by atoms with Crippen molar-refractivity contribution in [2.45, 2.75) is 13.0 Å². The zero-order chi connectivity index (χ0) is 16.5. The van der Waals surface area contributed by atoms with E-state index in [4.69, 9.17) is 0 Å². The van der Waals surface area contributed by atoms with Gasteiger partial charge in [0.1, 0.15) is 0 Å². The summed E-state index contributed by atoms with van der Waals surface area (Å²) in [7, 11) is 4.21. The first-order valence-electron chi connectivity index (χ1n) is 8.14. The van der Waals surface area contributed by atoms with Gasteiger partial charge in [0.15, 0.2) is 5.78 Å². The first-order chi connectivity index (χ1) is 11.1. The second-order valence-corrected chi connectivity index (χ2v) is 6.07. The fraction of sp³-hybridized carbons (Fsp3) is 0.350. The molecule has 0 atom stereocenters. The standard InChI is InChI=1S/C20H26N2O/c1-21(14-13-20(23)19-11-7-4-8-12-19)15-16-22(2)17-18-9-5-3-6-10-18/h3-12H,13-17H2,1-2H3. The molecule has 0 spiro atoms. The van der Waals surface area contributed by atoms with Gasteiger partial charge in [-0.2, -0.15) is 0 Å². The first kappa shape index (κ1) is 17.4. The van der Waals surface area contributed by atoms with E-state index in [0.717, 1.165) is 31.7 Å². The Morgan fingerprint density at radius 2 is 1.35 bits per heavy atom. The summed E-state index contributed by atoms with van der Waals surface area (Å²) in [6.07, 6.45) is 0.572. The molecule has 0 bridgehead atoms. The largest absolute Gasteiger partial charge is 0.305 e. The van der Waals surface area contributed by atoms with Gasteiger partial charge in [-0.1, -0.05) is 60.7 Å². The van der Waals surface area contributed by atoms with Gasteiger partial charge >= 0.3 is 0 Å². The summed E-state index contributed by atoms with van der Waals surface area (Å²) >= 11 is 0. The molecule has 0 aliphatic carbocycles. The Bertz CT molecular complexity index is 583. The van der Waals surface area contributed by atoms with E-state index in [-0.39, 0.29) is 5.78 Å². The van der Waals surface area contributed by atoms with Crippen molar-refractivity contribution in [2.24, 2.45) is 0 Å². The molecule has 0 radical (unpaired) electrons. The van der Waals surface area contributed by atoms with Gasteiger partial charge in [-0.15, -0.1) is 0 Å². The molecule has 3 heteroatoms. The molecule has 122 valence electrons. The van der Waals surface area contributed by atoms with E-state index in [1.54, 1.807) is 0 Å². The summed E-state index contributed by atoms with van der Waals surface area (Å²) < 4.78 is 0. The summed E-state index contributed by atoms with van der Waals surface area (Å²) in [5.74, 6) is 0.218. The second-order valence-electron chi connectivity index (χ2n) is 6.07. The van der Waals surface area contributed by atoms with E-state index in [2.05, 4.69) is 48.2 Å². The van der Waals surface area contributed by atoms with Crippen LogP contribution in [-0.2, 0) is 6.54 Å². The van der Waals surface area contributed by atoms with Crippen LogP contribution in [0.2, 0.25) is 0 Å². The van der Waals surface area contributed by atoms with Gasteiger partial charge in [0, 0.05) is 38.2 Å². The van der Waals surface area contributed by atoms with Crippen molar-refractivity contribution in [1.29, 1.82) is 0 Å². The maximum absolute atomic E-state index is 12.1. The van der Waals surface area contributed by atoms with Crippen LogP contribution < -0.4 is 0 Å². The van der Waals surface area contributed by atoms with Gasteiger partial charge in [0.05, 0.1) is 0 Å². The molecule has 3 nitrogen and oxygen atoms in total. The first-order valence-corrected chi connectivity index (χ1v) is 8.14. The third kappa shape index (κ3) is 6.35. The zero-order valence-electron chi connectivity index (χ0n) is 14.1. The van der Waals surface area contributed by atoms with Crippen molar-refractivity contribution in [1.82, 2.24) is 9.80 Å². The van der Waals surface area contributed by atoms with Gasteiger partial charge in [-0.05, 0) is 19.7 Å². The van der Waals surface area contributed by atoms with Crippen LogP contribution in [0.25, 0.3) is 0 Å². The minimum atomic E-state index is 0.218. The Morgan fingerprint density at radius 3 is 2.00 bits per heavy atom. The number of nitrogens with zero attached hydrogens (tertiary/aromatic N) is 2. The fourth-order valence-corrected chi connectivity index (χ4v) is 2.49. The monoisotopic (exact) mass is 310 g/mol. The molecule has 0 amide bonds. The number of carbonyl (C=O) groups is 1. The average Bonchev–Trinajstić information content (AvgIpc) is 2.59.